The van der Waals surface area contributed by atoms with E-state index >= 15 is 0 Å². The van der Waals surface area contributed by atoms with Crippen molar-refractivity contribution >= 4 is 57.8 Å². The maximum Gasteiger partial charge on any atom is 0.335 e. The zero-order chi connectivity index (χ0) is 27.3. The Labute approximate surface area is 229 Å². The fourth-order valence-electron chi connectivity index (χ4n) is 5.68. The third kappa shape index (κ3) is 6.10. The number of fused-ring (bicyclic) bond motifs is 1. The van der Waals surface area contributed by atoms with Gasteiger partial charge in [-0.1, -0.05) is 90.2 Å². The van der Waals surface area contributed by atoms with E-state index in [2.05, 4.69) is 60.3 Å². The Bertz CT molecular complexity index is 746. The lowest BCUT2D eigenvalue weighted by Gasteiger charge is -2.53. The largest absolute Gasteiger partial charge is 0.445 e. The molecule has 35 heavy (non-hydrogen) atoms. The summed E-state index contributed by atoms with van der Waals surface area (Å²) in [7, 11) is -1.74. The Kier molecular flexibility index (Phi) is 9.97. The van der Waals surface area contributed by atoms with E-state index in [1.807, 2.05) is 27.9 Å². The molecule has 0 aromatic carbocycles. The van der Waals surface area contributed by atoms with E-state index in [-0.39, 0.29) is 28.2 Å². The first-order valence-electron chi connectivity index (χ1n) is 12.4. The molecule has 0 unspecified atom stereocenters. The summed E-state index contributed by atoms with van der Waals surface area (Å²) >= 11 is 17.9. The standard InChI is InChI=1S/C23H45Cl3N2O5Si2/c1-13(2)34(14(3)4)31-17-18(32-35(33-34,15(5)6)16(7)8)20(29-21(27)23(24,25)26)30-22(9,10)19(17)28(11)12/h13-20,27H,1-12H3/t17-,18+,19-,20+/m0/s1. The Morgan fingerprint density at radius 2 is 1.26 bits per heavy atom. The quantitative estimate of drug-likeness (QED) is 0.160. The van der Waals surface area contributed by atoms with Crippen molar-refractivity contribution < 1.29 is 22.4 Å². The van der Waals surface area contributed by atoms with E-state index in [0.717, 1.165) is 0 Å². The Hall–Kier alpha value is 0.574. The lowest BCUT2D eigenvalue weighted by atomic mass is 9.86. The van der Waals surface area contributed by atoms with Crippen LogP contribution in [0.2, 0.25) is 22.2 Å². The summed E-state index contributed by atoms with van der Waals surface area (Å²) in [6, 6.07) is -0.175. The molecule has 0 aliphatic carbocycles. The van der Waals surface area contributed by atoms with Crippen molar-refractivity contribution in [3.05, 3.63) is 0 Å². The number of hydrogen-bond acceptors (Lipinski definition) is 7. The molecule has 206 valence electrons. The lowest BCUT2D eigenvalue weighted by Crippen LogP contribution is -2.70. The number of hydrogen-bond donors (Lipinski definition) is 1. The number of halogens is 3. The molecule has 0 saturated carbocycles. The van der Waals surface area contributed by atoms with Gasteiger partial charge in [-0.05, 0) is 50.1 Å². The van der Waals surface area contributed by atoms with Crippen molar-refractivity contribution in [3.8, 4) is 0 Å². The number of rotatable bonds is 6. The van der Waals surface area contributed by atoms with Crippen LogP contribution in [0.1, 0.15) is 69.2 Å². The second-order valence-corrected chi connectivity index (χ2v) is 22.8. The van der Waals surface area contributed by atoms with Crippen LogP contribution in [0.15, 0.2) is 0 Å². The molecule has 2 aliphatic heterocycles. The van der Waals surface area contributed by atoms with Crippen LogP contribution in [0, 0.1) is 5.41 Å². The van der Waals surface area contributed by atoms with Gasteiger partial charge < -0.3 is 27.3 Å². The number of nitrogens with one attached hydrogen (secondary N) is 1. The van der Waals surface area contributed by atoms with Crippen molar-refractivity contribution in [2.75, 3.05) is 14.1 Å². The molecule has 2 aliphatic rings. The van der Waals surface area contributed by atoms with Crippen LogP contribution in [0.5, 0.6) is 0 Å². The van der Waals surface area contributed by atoms with E-state index in [4.69, 9.17) is 62.7 Å². The van der Waals surface area contributed by atoms with E-state index in [9.17, 15) is 0 Å². The minimum atomic E-state index is -2.92. The van der Waals surface area contributed by atoms with Gasteiger partial charge in [0, 0.05) is 0 Å². The fraction of sp³-hybridized carbons (Fsp3) is 0.957. The van der Waals surface area contributed by atoms with Gasteiger partial charge in [0.1, 0.15) is 6.10 Å². The molecule has 0 spiro atoms. The molecule has 0 aromatic rings. The number of alkyl halides is 3. The smallest absolute Gasteiger partial charge is 0.335 e. The molecule has 12 heteroatoms. The van der Waals surface area contributed by atoms with E-state index in [1.54, 1.807) is 0 Å². The van der Waals surface area contributed by atoms with Gasteiger partial charge in [0.15, 0.2) is 0 Å². The lowest BCUT2D eigenvalue weighted by molar-refractivity contribution is -0.283. The molecular formula is C23H45Cl3N2O5Si2. The number of ether oxygens (including phenoxy) is 2. The monoisotopic (exact) mass is 590 g/mol. The van der Waals surface area contributed by atoms with Crippen LogP contribution in [0.4, 0.5) is 0 Å². The normalized spacial score (nSPS) is 30.6. The minimum absolute atomic E-state index is 0.134. The topological polar surface area (TPSA) is 73.2 Å². The SMILES string of the molecule is CC(C)[Si]1(C(C)C)O[C@H]2[C@H](OC(=N)C(Cl)(Cl)Cl)OC(C)(C)[C@@H](N(C)C)[C@H]2O[Si](C(C)C)(C(C)C)O1. The van der Waals surface area contributed by atoms with Crippen molar-refractivity contribution in [2.24, 2.45) is 0 Å². The molecule has 1 N–H and O–H groups in total. The van der Waals surface area contributed by atoms with Crippen molar-refractivity contribution in [2.45, 2.75) is 125 Å². The Morgan fingerprint density at radius 1 is 0.857 bits per heavy atom. The Balaban J connectivity index is 2.80. The first-order chi connectivity index (χ1) is 15.7. The van der Waals surface area contributed by atoms with Gasteiger partial charge in [-0.3, -0.25) is 5.41 Å². The first kappa shape index (κ1) is 31.8. The highest BCUT2D eigenvalue weighted by atomic mass is 35.6. The molecule has 0 radical (unpaired) electrons. The summed E-state index contributed by atoms with van der Waals surface area (Å²) in [5.74, 6) is -0.517. The van der Waals surface area contributed by atoms with Gasteiger partial charge in [0.05, 0.1) is 17.7 Å². The summed E-state index contributed by atoms with van der Waals surface area (Å²) in [4.78, 5) is 2.11. The summed E-state index contributed by atoms with van der Waals surface area (Å²) in [5.41, 5.74) is -0.0839. The molecular weight excluding hydrogens is 547 g/mol. The van der Waals surface area contributed by atoms with E-state index < -0.39 is 50.9 Å². The third-order valence-electron chi connectivity index (χ3n) is 7.26. The zero-order valence-corrected chi connectivity index (χ0v) is 27.5. The molecule has 0 bridgehead atoms. The number of nitrogens with zero attached hydrogens (tertiary/aromatic N) is 1. The zero-order valence-electron chi connectivity index (χ0n) is 23.2. The van der Waals surface area contributed by atoms with Crippen molar-refractivity contribution in [3.63, 3.8) is 0 Å². The van der Waals surface area contributed by atoms with Gasteiger partial charge >= 0.3 is 17.1 Å². The van der Waals surface area contributed by atoms with E-state index in [0.29, 0.717) is 0 Å². The van der Waals surface area contributed by atoms with Crippen molar-refractivity contribution in [1.82, 2.24) is 4.90 Å². The summed E-state index contributed by atoms with van der Waals surface area (Å²) < 4.78 is 32.0. The molecule has 0 amide bonds. The van der Waals surface area contributed by atoms with Crippen LogP contribution >= 0.6 is 34.8 Å². The second-order valence-electron chi connectivity index (χ2n) is 11.8. The van der Waals surface area contributed by atoms with E-state index in [1.165, 1.54) is 0 Å². The molecule has 4 atom stereocenters. The van der Waals surface area contributed by atoms with Crippen LogP contribution in [0.3, 0.4) is 0 Å². The van der Waals surface area contributed by atoms with Gasteiger partial charge in [-0.2, -0.15) is 0 Å². The summed E-state index contributed by atoms with van der Waals surface area (Å²) in [6.45, 7) is 21.4. The van der Waals surface area contributed by atoms with Crippen molar-refractivity contribution in [1.29, 1.82) is 5.41 Å². The maximum atomic E-state index is 8.27. The summed E-state index contributed by atoms with van der Waals surface area (Å²) in [5, 5.41) is 8.27. The number of likely N-dealkylation sites (N-methyl/N-ethyl adjacent to an activating group) is 1. The van der Waals surface area contributed by atoms with Gasteiger partial charge in [0.2, 0.25) is 12.2 Å². The van der Waals surface area contributed by atoms with Crippen LogP contribution in [-0.2, 0) is 22.4 Å². The van der Waals surface area contributed by atoms with Gasteiger partial charge in [0.25, 0.3) is 3.79 Å². The Morgan fingerprint density at radius 3 is 1.60 bits per heavy atom. The average Bonchev–Trinajstić information content (AvgIpc) is 2.83. The fourth-order valence-corrected chi connectivity index (χ4v) is 17.1. The molecule has 2 heterocycles. The highest BCUT2D eigenvalue weighted by Gasteiger charge is 2.66. The van der Waals surface area contributed by atoms with Crippen LogP contribution in [-0.4, -0.2) is 75.9 Å². The van der Waals surface area contributed by atoms with Crippen LogP contribution in [0.25, 0.3) is 0 Å². The molecule has 0 aromatic heterocycles. The molecule has 7 nitrogen and oxygen atoms in total. The van der Waals surface area contributed by atoms with Gasteiger partial charge in [-0.15, -0.1) is 0 Å². The highest BCUT2D eigenvalue weighted by Crippen LogP contribution is 2.51. The molecule has 2 rings (SSSR count). The predicted octanol–water partition coefficient (Wildman–Crippen LogP) is 6.74. The highest BCUT2D eigenvalue weighted by molar-refractivity contribution is 6.84. The molecule has 2 fully saturated rings. The third-order valence-corrected chi connectivity index (χ3v) is 18.0. The van der Waals surface area contributed by atoms with Gasteiger partial charge in [-0.25, -0.2) is 0 Å². The maximum absolute atomic E-state index is 8.27. The predicted molar refractivity (Wildman–Crippen MR) is 148 cm³/mol. The summed E-state index contributed by atoms with van der Waals surface area (Å²) in [6.07, 6.45) is -2.12. The first-order valence-corrected chi connectivity index (χ1v) is 17.5. The van der Waals surface area contributed by atoms with Crippen LogP contribution < -0.4 is 0 Å². The molecule has 2 saturated heterocycles. The average molecular weight is 592 g/mol. The second kappa shape index (κ2) is 11.0. The minimum Gasteiger partial charge on any atom is -0.445 e.